The van der Waals surface area contributed by atoms with Gasteiger partial charge in [-0.15, -0.1) is 0 Å². The second-order valence-corrected chi connectivity index (χ2v) is 5.92. The highest BCUT2D eigenvalue weighted by Crippen LogP contribution is 2.34. The van der Waals surface area contributed by atoms with Crippen molar-refractivity contribution in [3.05, 3.63) is 74.4 Å². The summed E-state index contributed by atoms with van der Waals surface area (Å²) in [5.74, 6) is -1.25. The Morgan fingerprint density at radius 3 is 2.58 bits per heavy atom. The number of hydrogen-bond acceptors (Lipinski definition) is 5. The second-order valence-electron chi connectivity index (χ2n) is 5.48. The normalized spacial score (nSPS) is 15.4. The monoisotopic (exact) mass is 373 g/mol. The van der Waals surface area contributed by atoms with E-state index < -0.39 is 28.3 Å². The molecule has 1 aliphatic rings. The summed E-state index contributed by atoms with van der Waals surface area (Å²) in [6.07, 6.45) is 1.15. The Morgan fingerprint density at radius 2 is 1.92 bits per heavy atom. The molecule has 0 aromatic heterocycles. The first kappa shape index (κ1) is 17.4. The van der Waals surface area contributed by atoms with E-state index in [0.717, 1.165) is 22.6 Å². The van der Waals surface area contributed by atoms with Crippen LogP contribution in [0.25, 0.3) is 6.08 Å². The van der Waals surface area contributed by atoms with Crippen LogP contribution in [-0.2, 0) is 11.3 Å². The van der Waals surface area contributed by atoms with Crippen LogP contribution in [0.3, 0.4) is 0 Å². The van der Waals surface area contributed by atoms with Gasteiger partial charge in [0.05, 0.1) is 11.5 Å². The minimum absolute atomic E-state index is 0.0132. The van der Waals surface area contributed by atoms with E-state index in [1.54, 1.807) is 24.3 Å². The molecule has 2 aromatic rings. The van der Waals surface area contributed by atoms with Crippen molar-refractivity contribution in [2.24, 2.45) is 0 Å². The van der Waals surface area contributed by atoms with Gasteiger partial charge in [-0.2, -0.15) is 0 Å². The third kappa shape index (κ3) is 3.35. The molecule has 3 rings (SSSR count). The Morgan fingerprint density at radius 1 is 1.23 bits per heavy atom. The summed E-state index contributed by atoms with van der Waals surface area (Å²) in [6.45, 7) is 0.0739. The Labute approximate surface area is 152 Å². The number of nitrogens with zero attached hydrogens (tertiary/aromatic N) is 2. The number of benzene rings is 2. The second kappa shape index (κ2) is 6.85. The Hall–Kier alpha value is -3.39. The zero-order valence-electron chi connectivity index (χ0n) is 13.2. The summed E-state index contributed by atoms with van der Waals surface area (Å²) < 4.78 is 0. The molecule has 2 aromatic carbocycles. The maximum atomic E-state index is 12.5. The minimum Gasteiger partial charge on any atom is -0.502 e. The number of carbonyl (C=O) groups is 2. The number of phenolic OH excluding ortho intramolecular Hbond substituents is 1. The van der Waals surface area contributed by atoms with Crippen LogP contribution in [0.5, 0.6) is 5.75 Å². The number of aromatic hydroxyl groups is 1. The molecule has 26 heavy (non-hydrogen) atoms. The van der Waals surface area contributed by atoms with Crippen LogP contribution in [0, 0.1) is 10.1 Å². The van der Waals surface area contributed by atoms with Crippen LogP contribution in [-0.4, -0.2) is 26.9 Å². The number of nitrogens with one attached hydrogen (secondary N) is 1. The number of phenols is 1. The molecule has 0 bridgehead atoms. The summed E-state index contributed by atoms with van der Waals surface area (Å²) in [6, 6.07) is 10.6. The minimum atomic E-state index is -0.792. The fourth-order valence-electron chi connectivity index (χ4n) is 2.49. The van der Waals surface area contributed by atoms with Crippen LogP contribution in [0.1, 0.15) is 11.1 Å². The molecule has 0 radical (unpaired) electrons. The van der Waals surface area contributed by atoms with Crippen LogP contribution >= 0.6 is 11.6 Å². The van der Waals surface area contributed by atoms with E-state index in [2.05, 4.69) is 5.32 Å². The van der Waals surface area contributed by atoms with Gasteiger partial charge in [0.15, 0.2) is 0 Å². The van der Waals surface area contributed by atoms with Gasteiger partial charge >= 0.3 is 11.7 Å². The third-order valence-corrected chi connectivity index (χ3v) is 3.94. The molecule has 9 heteroatoms. The molecule has 8 nitrogen and oxygen atoms in total. The largest absolute Gasteiger partial charge is 0.502 e. The van der Waals surface area contributed by atoms with Gasteiger partial charge in [-0.25, -0.2) is 4.79 Å². The van der Waals surface area contributed by atoms with Crippen molar-refractivity contribution in [2.75, 3.05) is 0 Å². The quantitative estimate of drug-likeness (QED) is 0.370. The summed E-state index contributed by atoms with van der Waals surface area (Å²) in [5, 5.41) is 23.4. The summed E-state index contributed by atoms with van der Waals surface area (Å²) >= 11 is 5.83. The van der Waals surface area contributed by atoms with E-state index in [0.29, 0.717) is 0 Å². The number of halogens is 1. The number of carbonyl (C=O) groups excluding carboxylic acids is 2. The summed E-state index contributed by atoms with van der Waals surface area (Å²) in [7, 11) is 0. The van der Waals surface area contributed by atoms with E-state index in [-0.39, 0.29) is 22.8 Å². The van der Waals surface area contributed by atoms with Gasteiger partial charge in [-0.1, -0.05) is 41.9 Å². The first-order valence-electron chi connectivity index (χ1n) is 7.42. The smallest absolute Gasteiger partial charge is 0.329 e. The van der Waals surface area contributed by atoms with Crippen molar-refractivity contribution in [3.8, 4) is 5.75 Å². The zero-order valence-corrected chi connectivity index (χ0v) is 13.9. The molecule has 1 heterocycles. The average molecular weight is 374 g/mol. The summed E-state index contributed by atoms with van der Waals surface area (Å²) in [4.78, 5) is 35.7. The first-order valence-corrected chi connectivity index (χ1v) is 7.80. The fraction of sp³-hybridized carbons (Fsp3) is 0.0588. The number of imide groups is 1. The molecule has 3 amide bonds. The van der Waals surface area contributed by atoms with Crippen LogP contribution in [0.4, 0.5) is 10.5 Å². The van der Waals surface area contributed by atoms with Gasteiger partial charge in [0.25, 0.3) is 5.91 Å². The third-order valence-electron chi connectivity index (χ3n) is 3.73. The van der Waals surface area contributed by atoms with Crippen molar-refractivity contribution in [2.45, 2.75) is 6.54 Å². The number of amides is 3. The maximum absolute atomic E-state index is 12.5. The molecular formula is C17H12ClN3O5. The lowest BCUT2D eigenvalue weighted by atomic mass is 10.1. The molecule has 0 aliphatic carbocycles. The Balaban J connectivity index is 1.92. The highest BCUT2D eigenvalue weighted by atomic mass is 35.5. The Kier molecular flexibility index (Phi) is 4.59. The number of hydrogen-bond donors (Lipinski definition) is 2. The SMILES string of the molecule is O=C1N/C(=C/c2cc(Cl)cc([N+](=O)[O-])c2O)C(=O)N1Cc1ccccc1. The fourth-order valence-corrected chi connectivity index (χ4v) is 2.71. The van der Waals surface area contributed by atoms with Crippen LogP contribution < -0.4 is 5.32 Å². The van der Waals surface area contributed by atoms with E-state index in [4.69, 9.17) is 11.6 Å². The molecule has 1 fully saturated rings. The van der Waals surface area contributed by atoms with Crippen molar-refractivity contribution in [1.29, 1.82) is 0 Å². The predicted octanol–water partition coefficient (Wildman–Crippen LogP) is 3.05. The van der Waals surface area contributed by atoms with Crippen molar-refractivity contribution >= 4 is 35.3 Å². The molecule has 132 valence electrons. The maximum Gasteiger partial charge on any atom is 0.329 e. The predicted molar refractivity (Wildman–Crippen MR) is 93.3 cm³/mol. The van der Waals surface area contributed by atoms with E-state index in [1.165, 1.54) is 6.07 Å². The van der Waals surface area contributed by atoms with Gasteiger partial charge in [-0.05, 0) is 17.7 Å². The molecule has 2 N–H and O–H groups in total. The number of rotatable bonds is 4. The molecule has 0 spiro atoms. The summed E-state index contributed by atoms with van der Waals surface area (Å²) in [5.41, 5.74) is 0.00737. The van der Waals surface area contributed by atoms with Crippen molar-refractivity contribution < 1.29 is 19.6 Å². The average Bonchev–Trinajstić information content (AvgIpc) is 2.86. The lowest BCUT2D eigenvalue weighted by molar-refractivity contribution is -0.385. The molecule has 0 atom stereocenters. The van der Waals surface area contributed by atoms with Crippen molar-refractivity contribution in [3.63, 3.8) is 0 Å². The van der Waals surface area contributed by atoms with Crippen LogP contribution in [0.15, 0.2) is 48.2 Å². The van der Waals surface area contributed by atoms with Crippen LogP contribution in [0.2, 0.25) is 5.02 Å². The standard InChI is InChI=1S/C17H12ClN3O5/c18-12-6-11(15(22)14(8-12)21(25)26)7-13-16(23)20(17(24)19-13)9-10-4-2-1-3-5-10/h1-8,22H,9H2,(H,19,24)/b13-7+. The molecular weight excluding hydrogens is 362 g/mol. The number of urea groups is 1. The highest BCUT2D eigenvalue weighted by molar-refractivity contribution is 6.31. The lowest BCUT2D eigenvalue weighted by Crippen LogP contribution is -2.30. The molecule has 0 saturated carbocycles. The lowest BCUT2D eigenvalue weighted by Gasteiger charge is -2.11. The Bertz CT molecular complexity index is 943. The van der Waals surface area contributed by atoms with E-state index in [9.17, 15) is 24.8 Å². The number of nitro benzene ring substituents is 1. The zero-order chi connectivity index (χ0) is 18.8. The van der Waals surface area contributed by atoms with Gasteiger partial charge in [-0.3, -0.25) is 19.8 Å². The molecule has 0 unspecified atom stereocenters. The van der Waals surface area contributed by atoms with Crippen molar-refractivity contribution in [1.82, 2.24) is 10.2 Å². The highest BCUT2D eigenvalue weighted by Gasteiger charge is 2.34. The number of nitro groups is 1. The molecule has 1 aliphatic heterocycles. The van der Waals surface area contributed by atoms with Gasteiger partial charge in [0, 0.05) is 16.7 Å². The molecule has 1 saturated heterocycles. The topological polar surface area (TPSA) is 113 Å². The van der Waals surface area contributed by atoms with Gasteiger partial charge < -0.3 is 10.4 Å². The van der Waals surface area contributed by atoms with E-state index in [1.807, 2.05) is 6.07 Å². The van der Waals surface area contributed by atoms with E-state index >= 15 is 0 Å². The van der Waals surface area contributed by atoms with Gasteiger partial charge in [0.2, 0.25) is 5.75 Å². The first-order chi connectivity index (χ1) is 12.4. The van der Waals surface area contributed by atoms with Gasteiger partial charge in [0.1, 0.15) is 5.70 Å².